The number of carbonyl (C=O) groups excluding carboxylic acids is 3. The number of rotatable bonds is 7. The molecule has 21 heavy (non-hydrogen) atoms. The fourth-order valence-corrected chi connectivity index (χ4v) is 1.66. The van der Waals surface area contributed by atoms with Crippen LogP contribution in [0, 0.1) is 5.41 Å². The Morgan fingerprint density at radius 2 is 1.62 bits per heavy atom. The maximum atomic E-state index is 11.8. The highest BCUT2D eigenvalue weighted by Crippen LogP contribution is 2.20. The Hall–Kier alpha value is -1.59. The summed E-state index contributed by atoms with van der Waals surface area (Å²) >= 11 is 0. The van der Waals surface area contributed by atoms with Gasteiger partial charge in [-0.05, 0) is 33.1 Å². The average Bonchev–Trinajstić information content (AvgIpc) is 2.23. The number of hydrogen-bond donors (Lipinski definition) is 1. The maximum Gasteiger partial charge on any atom is 0.407 e. The first kappa shape index (κ1) is 19.4. The molecule has 0 aromatic carbocycles. The summed E-state index contributed by atoms with van der Waals surface area (Å²) in [6.45, 7) is 11.3. The van der Waals surface area contributed by atoms with Crippen LogP contribution >= 0.6 is 0 Å². The van der Waals surface area contributed by atoms with Crippen molar-refractivity contribution < 1.29 is 23.9 Å². The molecule has 0 spiro atoms. The minimum atomic E-state index is -0.562. The highest BCUT2D eigenvalue weighted by molar-refractivity contribution is 5.95. The zero-order chi connectivity index (χ0) is 16.7. The molecule has 0 aliphatic carbocycles. The lowest BCUT2D eigenvalue weighted by atomic mass is 9.86. The average molecular weight is 301 g/mol. The standard InChI is InChI=1S/C15H27NO5/c1-7-20-12(18)8-11(17)9-15(5,6)10-16-13(19)21-14(2,3)4/h7-10H2,1-6H3,(H,16,19). The zero-order valence-electron chi connectivity index (χ0n) is 13.9. The van der Waals surface area contributed by atoms with Gasteiger partial charge in [-0.25, -0.2) is 4.79 Å². The molecule has 0 aliphatic rings. The van der Waals surface area contributed by atoms with Crippen molar-refractivity contribution in [2.24, 2.45) is 5.41 Å². The molecule has 6 nitrogen and oxygen atoms in total. The molecule has 1 N–H and O–H groups in total. The molecule has 0 saturated heterocycles. The number of esters is 1. The van der Waals surface area contributed by atoms with E-state index >= 15 is 0 Å². The number of hydrogen-bond acceptors (Lipinski definition) is 5. The van der Waals surface area contributed by atoms with Gasteiger partial charge >= 0.3 is 12.1 Å². The van der Waals surface area contributed by atoms with Gasteiger partial charge in [0, 0.05) is 13.0 Å². The van der Waals surface area contributed by atoms with E-state index in [1.165, 1.54) is 0 Å². The minimum Gasteiger partial charge on any atom is -0.466 e. The molecule has 0 bridgehead atoms. The third-order valence-corrected chi connectivity index (χ3v) is 2.43. The van der Waals surface area contributed by atoms with Crippen LogP contribution in [0.5, 0.6) is 0 Å². The Bertz CT molecular complexity index is 382. The SMILES string of the molecule is CCOC(=O)CC(=O)CC(C)(C)CNC(=O)OC(C)(C)C. The number of ether oxygens (including phenoxy) is 2. The molecular weight excluding hydrogens is 274 g/mol. The fourth-order valence-electron chi connectivity index (χ4n) is 1.66. The summed E-state index contributed by atoms with van der Waals surface area (Å²) in [5.74, 6) is -0.720. The van der Waals surface area contributed by atoms with Crippen LogP contribution in [-0.2, 0) is 19.1 Å². The van der Waals surface area contributed by atoms with E-state index in [9.17, 15) is 14.4 Å². The van der Waals surface area contributed by atoms with Crippen LogP contribution < -0.4 is 5.32 Å². The molecule has 0 aromatic rings. The van der Waals surface area contributed by atoms with Crippen LogP contribution in [0.2, 0.25) is 0 Å². The summed E-state index contributed by atoms with van der Waals surface area (Å²) in [5.41, 5.74) is -1.02. The van der Waals surface area contributed by atoms with Gasteiger partial charge in [0.15, 0.2) is 0 Å². The monoisotopic (exact) mass is 301 g/mol. The number of carbonyl (C=O) groups is 3. The smallest absolute Gasteiger partial charge is 0.407 e. The molecule has 0 radical (unpaired) electrons. The molecule has 0 fully saturated rings. The number of ketones is 1. The fraction of sp³-hybridized carbons (Fsp3) is 0.800. The van der Waals surface area contributed by atoms with Gasteiger partial charge in [0.1, 0.15) is 17.8 Å². The van der Waals surface area contributed by atoms with Crippen molar-refractivity contribution in [3.63, 3.8) is 0 Å². The van der Waals surface area contributed by atoms with Crippen LogP contribution in [0.25, 0.3) is 0 Å². The highest BCUT2D eigenvalue weighted by atomic mass is 16.6. The van der Waals surface area contributed by atoms with Crippen molar-refractivity contribution in [1.82, 2.24) is 5.32 Å². The van der Waals surface area contributed by atoms with E-state index in [0.29, 0.717) is 0 Å². The second kappa shape index (κ2) is 8.00. The van der Waals surface area contributed by atoms with Crippen molar-refractivity contribution in [3.05, 3.63) is 0 Å². The minimum absolute atomic E-state index is 0.182. The number of amides is 1. The van der Waals surface area contributed by atoms with Crippen molar-refractivity contribution in [2.75, 3.05) is 13.2 Å². The first-order chi connectivity index (χ1) is 9.45. The van der Waals surface area contributed by atoms with Crippen LogP contribution in [0.3, 0.4) is 0 Å². The summed E-state index contributed by atoms with van der Waals surface area (Å²) in [6, 6.07) is 0. The van der Waals surface area contributed by atoms with E-state index in [1.807, 2.05) is 13.8 Å². The van der Waals surface area contributed by atoms with Crippen molar-refractivity contribution in [1.29, 1.82) is 0 Å². The van der Waals surface area contributed by atoms with E-state index in [0.717, 1.165) is 0 Å². The van der Waals surface area contributed by atoms with Gasteiger partial charge in [0.2, 0.25) is 0 Å². The van der Waals surface area contributed by atoms with Gasteiger partial charge in [0.05, 0.1) is 6.61 Å². The van der Waals surface area contributed by atoms with Gasteiger partial charge in [-0.1, -0.05) is 13.8 Å². The molecule has 0 aromatic heterocycles. The Balaban J connectivity index is 4.22. The van der Waals surface area contributed by atoms with Crippen molar-refractivity contribution >= 4 is 17.8 Å². The lowest BCUT2D eigenvalue weighted by Gasteiger charge is -2.26. The second-order valence-corrected chi connectivity index (χ2v) is 6.72. The van der Waals surface area contributed by atoms with Crippen LogP contribution in [0.15, 0.2) is 0 Å². The van der Waals surface area contributed by atoms with E-state index in [2.05, 4.69) is 5.32 Å². The van der Waals surface area contributed by atoms with E-state index in [1.54, 1.807) is 27.7 Å². The largest absolute Gasteiger partial charge is 0.466 e. The summed E-state index contributed by atoms with van der Waals surface area (Å²) in [6.07, 6.45) is -0.570. The summed E-state index contributed by atoms with van der Waals surface area (Å²) < 4.78 is 9.86. The molecule has 0 atom stereocenters. The quantitative estimate of drug-likeness (QED) is 0.577. The molecule has 0 aliphatic heterocycles. The first-order valence-corrected chi connectivity index (χ1v) is 7.09. The topological polar surface area (TPSA) is 81.7 Å². The Labute approximate surface area is 126 Å². The Morgan fingerprint density at radius 3 is 2.10 bits per heavy atom. The summed E-state index contributed by atoms with van der Waals surface area (Å²) in [5, 5.41) is 2.63. The zero-order valence-corrected chi connectivity index (χ0v) is 13.9. The van der Waals surface area contributed by atoms with Crippen LogP contribution in [0.4, 0.5) is 4.79 Å². The first-order valence-electron chi connectivity index (χ1n) is 7.09. The lowest BCUT2D eigenvalue weighted by Crippen LogP contribution is -2.39. The van der Waals surface area contributed by atoms with Gasteiger partial charge in [-0.15, -0.1) is 0 Å². The summed E-state index contributed by atoms with van der Waals surface area (Å²) in [4.78, 5) is 34.6. The predicted molar refractivity (Wildman–Crippen MR) is 78.9 cm³/mol. The molecule has 0 rings (SSSR count). The number of nitrogens with one attached hydrogen (secondary N) is 1. The van der Waals surface area contributed by atoms with Gasteiger partial charge in [-0.2, -0.15) is 0 Å². The number of Topliss-reactive ketones (excluding diaryl/α,β-unsaturated/α-hetero) is 1. The third kappa shape index (κ3) is 10.8. The predicted octanol–water partition coefficient (Wildman–Crippen LogP) is 2.45. The Kier molecular flexibility index (Phi) is 7.39. The Morgan fingerprint density at radius 1 is 1.05 bits per heavy atom. The van der Waals surface area contributed by atoms with E-state index in [-0.39, 0.29) is 31.8 Å². The van der Waals surface area contributed by atoms with Crippen LogP contribution in [0.1, 0.15) is 54.4 Å². The molecule has 0 unspecified atom stereocenters. The van der Waals surface area contributed by atoms with Gasteiger partial charge < -0.3 is 14.8 Å². The van der Waals surface area contributed by atoms with E-state index in [4.69, 9.17) is 9.47 Å². The summed E-state index contributed by atoms with van der Waals surface area (Å²) in [7, 11) is 0. The second-order valence-electron chi connectivity index (χ2n) is 6.72. The molecule has 0 heterocycles. The molecule has 0 saturated carbocycles. The van der Waals surface area contributed by atoms with Crippen molar-refractivity contribution in [2.45, 2.75) is 60.0 Å². The molecule has 6 heteroatoms. The number of alkyl carbamates (subject to hydrolysis) is 1. The van der Waals surface area contributed by atoms with Crippen molar-refractivity contribution in [3.8, 4) is 0 Å². The molecule has 1 amide bonds. The highest BCUT2D eigenvalue weighted by Gasteiger charge is 2.25. The van der Waals surface area contributed by atoms with Gasteiger partial charge in [-0.3, -0.25) is 9.59 Å². The molecule has 122 valence electrons. The lowest BCUT2D eigenvalue weighted by molar-refractivity contribution is -0.145. The molecular formula is C15H27NO5. The third-order valence-electron chi connectivity index (χ3n) is 2.43. The normalized spacial score (nSPS) is 11.7. The van der Waals surface area contributed by atoms with E-state index < -0.39 is 23.1 Å². The maximum absolute atomic E-state index is 11.8. The van der Waals surface area contributed by atoms with Gasteiger partial charge in [0.25, 0.3) is 0 Å². The van der Waals surface area contributed by atoms with Crippen LogP contribution in [-0.4, -0.2) is 36.6 Å².